The molecule has 0 aliphatic carbocycles. The zero-order valence-corrected chi connectivity index (χ0v) is 10.8. The third kappa shape index (κ3) is 2.72. The summed E-state index contributed by atoms with van der Waals surface area (Å²) in [6, 6.07) is 7.65. The number of carboxylic acids is 1. The van der Waals surface area contributed by atoms with E-state index in [1.807, 2.05) is 0 Å². The second-order valence-corrected chi connectivity index (χ2v) is 4.34. The van der Waals surface area contributed by atoms with Gasteiger partial charge in [0.1, 0.15) is 5.56 Å². The molecule has 2 aromatic carbocycles. The van der Waals surface area contributed by atoms with Gasteiger partial charge in [0.15, 0.2) is 23.1 Å². The number of hydrogen-bond acceptors (Lipinski definition) is 2. The van der Waals surface area contributed by atoms with Crippen LogP contribution < -0.4 is 5.34 Å². The van der Waals surface area contributed by atoms with Gasteiger partial charge in [0.25, 0.3) is 0 Å². The van der Waals surface area contributed by atoms with Crippen LogP contribution in [0.5, 0.6) is 0 Å². The first-order valence-electron chi connectivity index (χ1n) is 5.92. The van der Waals surface area contributed by atoms with Crippen molar-refractivity contribution in [3.05, 3.63) is 64.5 Å². The van der Waals surface area contributed by atoms with Crippen molar-refractivity contribution in [3.63, 3.8) is 0 Å². The first kappa shape index (κ1) is 15.7. The Balaban J connectivity index is 2.72. The van der Waals surface area contributed by atoms with E-state index in [2.05, 4.69) is 0 Å². The van der Waals surface area contributed by atoms with Crippen LogP contribution in [0, 0.1) is 17.5 Å². The lowest BCUT2D eigenvalue weighted by Gasteiger charge is -2.14. The van der Waals surface area contributed by atoms with Gasteiger partial charge >= 0.3 is 5.97 Å². The highest BCUT2D eigenvalue weighted by Gasteiger charge is 2.31. The van der Waals surface area contributed by atoms with Gasteiger partial charge in [-0.25, -0.2) is 18.0 Å². The third-order valence-electron chi connectivity index (χ3n) is 3.00. The van der Waals surface area contributed by atoms with Crippen molar-refractivity contribution in [2.75, 3.05) is 5.34 Å². The lowest BCUT2D eigenvalue weighted by Crippen LogP contribution is -2.15. The molecule has 2 rings (SSSR count). The number of halogens is 5. The molecule has 0 heterocycles. The maximum Gasteiger partial charge on any atom is 0.339 e. The summed E-state index contributed by atoms with van der Waals surface area (Å²) in [7, 11) is 0. The lowest BCUT2D eigenvalue weighted by molar-refractivity contribution is 0.0688. The predicted octanol–water partition coefficient (Wildman–Crippen LogP) is 3.97. The SMILES string of the molecule is O=C(O)c1c(F)c(F)c(N(F)F)c(F)c1Cc1ccccc1. The Hall–Kier alpha value is -2.64. The summed E-state index contributed by atoms with van der Waals surface area (Å²) in [5, 5.41) is 7.01. The standard InChI is InChI=1S/C14H8F5NO2/c15-10-8(6-7-4-2-1-3-5-7)9(14(21)22)11(16)12(17)13(10)20(18)19/h1-5H,6H2,(H,21,22). The van der Waals surface area contributed by atoms with Crippen molar-refractivity contribution in [3.8, 4) is 0 Å². The van der Waals surface area contributed by atoms with E-state index in [1.54, 1.807) is 18.2 Å². The van der Waals surface area contributed by atoms with Crippen LogP contribution in [0.15, 0.2) is 30.3 Å². The Kier molecular flexibility index (Phi) is 4.30. The number of aromatic carboxylic acids is 1. The van der Waals surface area contributed by atoms with Gasteiger partial charge in [-0.15, -0.1) is 0 Å². The minimum atomic E-state index is -2.25. The lowest BCUT2D eigenvalue weighted by atomic mass is 9.97. The molecule has 0 aliphatic heterocycles. The second kappa shape index (κ2) is 6.00. The average molecular weight is 317 g/mol. The van der Waals surface area contributed by atoms with E-state index in [9.17, 15) is 26.9 Å². The van der Waals surface area contributed by atoms with Gasteiger partial charge in [0.2, 0.25) is 0 Å². The van der Waals surface area contributed by atoms with Crippen molar-refractivity contribution >= 4 is 11.7 Å². The van der Waals surface area contributed by atoms with Gasteiger partial charge < -0.3 is 5.11 Å². The van der Waals surface area contributed by atoms with E-state index in [0.29, 0.717) is 5.56 Å². The number of carbonyl (C=O) groups is 1. The van der Waals surface area contributed by atoms with E-state index >= 15 is 0 Å². The Bertz CT molecular complexity index is 719. The van der Waals surface area contributed by atoms with Crippen molar-refractivity contribution in [1.29, 1.82) is 0 Å². The zero-order chi connectivity index (χ0) is 16.4. The van der Waals surface area contributed by atoms with Crippen LogP contribution in [0.1, 0.15) is 21.5 Å². The molecule has 0 saturated carbocycles. The normalized spacial score (nSPS) is 10.6. The molecule has 0 radical (unpaired) electrons. The topological polar surface area (TPSA) is 40.5 Å². The van der Waals surface area contributed by atoms with Crippen LogP contribution in [0.25, 0.3) is 0 Å². The number of anilines is 1. The van der Waals surface area contributed by atoms with Crippen LogP contribution in [0.3, 0.4) is 0 Å². The molecule has 0 unspecified atom stereocenters. The van der Waals surface area contributed by atoms with E-state index in [0.717, 1.165) is 0 Å². The van der Waals surface area contributed by atoms with Crippen molar-refractivity contribution in [2.24, 2.45) is 0 Å². The van der Waals surface area contributed by atoms with Crippen LogP contribution >= 0.6 is 0 Å². The molecular weight excluding hydrogens is 309 g/mol. The molecule has 116 valence electrons. The van der Waals surface area contributed by atoms with E-state index in [4.69, 9.17) is 5.11 Å². The summed E-state index contributed by atoms with van der Waals surface area (Å²) < 4.78 is 66.4. The number of nitrogens with zero attached hydrogens (tertiary/aromatic N) is 1. The molecule has 0 amide bonds. The van der Waals surface area contributed by atoms with Crippen LogP contribution in [0.4, 0.5) is 27.8 Å². The first-order chi connectivity index (χ1) is 10.3. The van der Waals surface area contributed by atoms with Gasteiger partial charge in [-0.2, -0.15) is 0 Å². The molecule has 0 atom stereocenters. The highest BCUT2D eigenvalue weighted by atomic mass is 19.4. The summed E-state index contributed by atoms with van der Waals surface area (Å²) in [5.41, 5.74) is -3.73. The van der Waals surface area contributed by atoms with Gasteiger partial charge in [-0.05, 0) is 10.9 Å². The molecule has 1 N–H and O–H groups in total. The van der Waals surface area contributed by atoms with Crippen LogP contribution in [0.2, 0.25) is 0 Å². The Labute approximate surface area is 121 Å². The summed E-state index contributed by atoms with van der Waals surface area (Å²) in [6.07, 6.45) is -0.480. The highest BCUT2D eigenvalue weighted by molar-refractivity contribution is 5.90. The van der Waals surface area contributed by atoms with Crippen molar-refractivity contribution in [1.82, 2.24) is 0 Å². The smallest absolute Gasteiger partial charge is 0.339 e. The molecule has 0 aromatic heterocycles. The maximum atomic E-state index is 14.1. The molecule has 0 saturated heterocycles. The molecule has 0 fully saturated rings. The summed E-state index contributed by atoms with van der Waals surface area (Å²) >= 11 is 0. The molecule has 2 aromatic rings. The molecule has 0 bridgehead atoms. The minimum absolute atomic E-state index is 0.352. The molecule has 8 heteroatoms. The molecule has 3 nitrogen and oxygen atoms in total. The summed E-state index contributed by atoms with van der Waals surface area (Å²) in [5.74, 6) is -8.05. The van der Waals surface area contributed by atoms with E-state index in [1.165, 1.54) is 12.1 Å². The molecule has 0 spiro atoms. The predicted molar refractivity (Wildman–Crippen MR) is 67.2 cm³/mol. The fourth-order valence-corrected chi connectivity index (χ4v) is 2.03. The first-order valence-corrected chi connectivity index (χ1v) is 5.92. The van der Waals surface area contributed by atoms with Crippen LogP contribution in [-0.4, -0.2) is 11.1 Å². The van der Waals surface area contributed by atoms with Gasteiger partial charge in [0, 0.05) is 12.0 Å². The Morgan fingerprint density at radius 1 is 1.00 bits per heavy atom. The number of benzene rings is 2. The van der Waals surface area contributed by atoms with Crippen molar-refractivity contribution < 1.29 is 32.0 Å². The fourth-order valence-electron chi connectivity index (χ4n) is 2.03. The quantitative estimate of drug-likeness (QED) is 0.527. The highest BCUT2D eigenvalue weighted by Crippen LogP contribution is 2.33. The average Bonchev–Trinajstić information content (AvgIpc) is 2.45. The monoisotopic (exact) mass is 317 g/mol. The van der Waals surface area contributed by atoms with Gasteiger partial charge in [-0.3, -0.25) is 0 Å². The third-order valence-corrected chi connectivity index (χ3v) is 3.00. The Morgan fingerprint density at radius 3 is 2.09 bits per heavy atom. The van der Waals surface area contributed by atoms with Crippen molar-refractivity contribution in [2.45, 2.75) is 6.42 Å². The number of rotatable bonds is 4. The van der Waals surface area contributed by atoms with E-state index in [-0.39, 0.29) is 0 Å². The molecule has 0 aliphatic rings. The van der Waals surface area contributed by atoms with Gasteiger partial charge in [-0.1, -0.05) is 39.3 Å². The second-order valence-electron chi connectivity index (χ2n) is 4.34. The van der Waals surface area contributed by atoms with E-state index < -0.39 is 52.0 Å². The zero-order valence-electron chi connectivity index (χ0n) is 10.8. The fraction of sp³-hybridized carbons (Fsp3) is 0.0714. The summed E-state index contributed by atoms with van der Waals surface area (Å²) in [4.78, 5) is 11.0. The molecule has 22 heavy (non-hydrogen) atoms. The largest absolute Gasteiger partial charge is 0.478 e. The molecular formula is C14H8F5NO2. The van der Waals surface area contributed by atoms with Gasteiger partial charge in [0.05, 0.1) is 0 Å². The maximum absolute atomic E-state index is 14.1. The summed E-state index contributed by atoms with van der Waals surface area (Å²) in [6.45, 7) is 0. The number of carboxylic acid groups (broad SMARTS) is 1. The minimum Gasteiger partial charge on any atom is -0.478 e. The van der Waals surface area contributed by atoms with Crippen LogP contribution in [-0.2, 0) is 6.42 Å². The number of hydrogen-bond donors (Lipinski definition) is 1. The Morgan fingerprint density at radius 2 is 1.59 bits per heavy atom.